The van der Waals surface area contributed by atoms with Crippen LogP contribution < -0.4 is 10.1 Å². The summed E-state index contributed by atoms with van der Waals surface area (Å²) in [6.45, 7) is 0. The average molecular weight is 355 g/mol. The molecule has 1 atom stereocenters. The summed E-state index contributed by atoms with van der Waals surface area (Å²) in [4.78, 5) is 12.6. The number of anilines is 1. The minimum absolute atomic E-state index is 0.0673. The van der Waals surface area contributed by atoms with Gasteiger partial charge in [-0.05, 0) is 65.8 Å². The lowest BCUT2D eigenvalue weighted by atomic mass is 9.81. The van der Waals surface area contributed by atoms with Gasteiger partial charge in [-0.1, -0.05) is 48.5 Å². The molecule has 5 rings (SSSR count). The second-order valence-electron chi connectivity index (χ2n) is 7.37. The molecule has 1 aliphatic carbocycles. The molecule has 3 aromatic carbocycles. The van der Waals surface area contributed by atoms with E-state index in [4.69, 9.17) is 4.74 Å². The number of allylic oxidation sites excluding steroid dienone is 2. The van der Waals surface area contributed by atoms with Crippen LogP contribution in [0.2, 0.25) is 0 Å². The zero-order chi connectivity index (χ0) is 18.2. The van der Waals surface area contributed by atoms with Gasteiger partial charge in [-0.3, -0.25) is 4.79 Å². The van der Waals surface area contributed by atoms with Crippen molar-refractivity contribution in [3.05, 3.63) is 83.6 Å². The van der Waals surface area contributed by atoms with Crippen LogP contribution in [0.3, 0.4) is 0 Å². The van der Waals surface area contributed by atoms with E-state index in [0.717, 1.165) is 25.7 Å². The monoisotopic (exact) mass is 355 g/mol. The van der Waals surface area contributed by atoms with Crippen molar-refractivity contribution in [2.24, 2.45) is 5.92 Å². The van der Waals surface area contributed by atoms with Crippen LogP contribution >= 0.6 is 0 Å². The van der Waals surface area contributed by atoms with E-state index in [1.54, 1.807) is 0 Å². The Morgan fingerprint density at radius 2 is 1.78 bits per heavy atom. The smallest absolute Gasteiger partial charge is 0.314 e. The number of fused-ring (bicyclic) bond motifs is 3. The fourth-order valence-electron chi connectivity index (χ4n) is 4.26. The zero-order valence-corrected chi connectivity index (χ0v) is 15.1. The molecule has 3 aromatic rings. The molecule has 0 bridgehead atoms. The number of benzene rings is 3. The summed E-state index contributed by atoms with van der Waals surface area (Å²) >= 11 is 0. The molecule has 0 fully saturated rings. The first-order chi connectivity index (χ1) is 13.3. The number of esters is 1. The number of rotatable bonds is 2. The highest BCUT2D eigenvalue weighted by molar-refractivity contribution is 5.91. The van der Waals surface area contributed by atoms with Crippen LogP contribution in [0.25, 0.3) is 10.8 Å². The number of carbonyl (C=O) groups excluding carboxylic acids is 1. The molecule has 0 amide bonds. The fourth-order valence-corrected chi connectivity index (χ4v) is 4.26. The largest absolute Gasteiger partial charge is 0.426 e. The van der Waals surface area contributed by atoms with Crippen LogP contribution in [0.5, 0.6) is 5.75 Å². The van der Waals surface area contributed by atoms with Crippen molar-refractivity contribution in [2.45, 2.75) is 25.7 Å². The first kappa shape index (κ1) is 16.1. The summed E-state index contributed by atoms with van der Waals surface area (Å²) in [5.41, 5.74) is 5.18. The topological polar surface area (TPSA) is 38.3 Å². The number of hydrogen-bond donors (Lipinski definition) is 1. The zero-order valence-electron chi connectivity index (χ0n) is 15.1. The molecular formula is C24H21NO2. The number of para-hydroxylation sites is 1. The quantitative estimate of drug-likeness (QED) is 0.489. The summed E-state index contributed by atoms with van der Waals surface area (Å²) in [5.74, 6) is 0.444. The van der Waals surface area contributed by atoms with E-state index >= 15 is 0 Å². The molecule has 134 valence electrons. The van der Waals surface area contributed by atoms with E-state index in [2.05, 4.69) is 41.7 Å². The van der Waals surface area contributed by atoms with Gasteiger partial charge in [-0.2, -0.15) is 0 Å². The second-order valence-corrected chi connectivity index (χ2v) is 7.37. The summed E-state index contributed by atoms with van der Waals surface area (Å²) < 4.78 is 5.59. The first-order valence-corrected chi connectivity index (χ1v) is 9.53. The molecule has 0 spiro atoms. The van der Waals surface area contributed by atoms with Crippen LogP contribution in [-0.4, -0.2) is 5.97 Å². The molecule has 1 aliphatic heterocycles. The molecular weight excluding hydrogens is 334 g/mol. The molecule has 0 aromatic heterocycles. The third-order valence-electron chi connectivity index (χ3n) is 5.67. The van der Waals surface area contributed by atoms with Gasteiger partial charge in [-0.15, -0.1) is 0 Å². The molecule has 1 heterocycles. The van der Waals surface area contributed by atoms with Crippen molar-refractivity contribution in [3.63, 3.8) is 0 Å². The Balaban J connectivity index is 1.38. The van der Waals surface area contributed by atoms with Gasteiger partial charge in [0.25, 0.3) is 0 Å². The Morgan fingerprint density at radius 3 is 2.67 bits per heavy atom. The van der Waals surface area contributed by atoms with Crippen molar-refractivity contribution >= 4 is 22.4 Å². The maximum Gasteiger partial charge on any atom is 0.314 e. The Hall–Kier alpha value is -3.07. The summed E-state index contributed by atoms with van der Waals surface area (Å²) in [6, 6.07) is 22.2. The second kappa shape index (κ2) is 6.58. The summed E-state index contributed by atoms with van der Waals surface area (Å²) in [6.07, 6.45) is 3.42. The number of carbonyl (C=O) groups is 1. The lowest BCUT2D eigenvalue weighted by Gasteiger charge is -2.32. The van der Waals surface area contributed by atoms with E-state index in [9.17, 15) is 4.79 Å². The fraction of sp³-hybridized carbons (Fsp3) is 0.208. The molecule has 1 unspecified atom stereocenters. The third-order valence-corrected chi connectivity index (χ3v) is 5.67. The minimum Gasteiger partial charge on any atom is -0.426 e. The molecule has 1 N–H and O–H groups in total. The van der Waals surface area contributed by atoms with Crippen molar-refractivity contribution in [1.29, 1.82) is 0 Å². The van der Waals surface area contributed by atoms with E-state index in [0.29, 0.717) is 5.75 Å². The lowest BCUT2D eigenvalue weighted by Crippen LogP contribution is -2.27. The maximum atomic E-state index is 12.6. The van der Waals surface area contributed by atoms with Gasteiger partial charge in [0.05, 0.1) is 5.92 Å². The van der Waals surface area contributed by atoms with Crippen LogP contribution in [0.1, 0.15) is 24.8 Å². The van der Waals surface area contributed by atoms with E-state index in [1.807, 2.05) is 30.3 Å². The average Bonchev–Trinajstić information content (AvgIpc) is 2.72. The number of hydrogen-bond acceptors (Lipinski definition) is 3. The Labute approximate surface area is 158 Å². The van der Waals surface area contributed by atoms with Gasteiger partial charge in [0.1, 0.15) is 5.75 Å². The maximum absolute atomic E-state index is 12.6. The number of nitrogens with one attached hydrogen (secondary N) is 1. The molecule has 0 radical (unpaired) electrons. The highest BCUT2D eigenvalue weighted by Gasteiger charge is 2.31. The predicted octanol–water partition coefficient (Wildman–Crippen LogP) is 5.47. The van der Waals surface area contributed by atoms with Gasteiger partial charge in [-0.25, -0.2) is 0 Å². The van der Waals surface area contributed by atoms with Crippen molar-refractivity contribution < 1.29 is 9.53 Å². The van der Waals surface area contributed by atoms with E-state index in [1.165, 1.54) is 33.3 Å². The minimum atomic E-state index is -0.114. The molecule has 3 heteroatoms. The first-order valence-electron chi connectivity index (χ1n) is 9.53. The van der Waals surface area contributed by atoms with E-state index in [-0.39, 0.29) is 11.9 Å². The highest BCUT2D eigenvalue weighted by Crippen LogP contribution is 2.40. The Morgan fingerprint density at radius 1 is 0.963 bits per heavy atom. The molecule has 0 saturated carbocycles. The molecule has 27 heavy (non-hydrogen) atoms. The summed E-state index contributed by atoms with van der Waals surface area (Å²) in [5, 5.41) is 6.18. The van der Waals surface area contributed by atoms with Crippen LogP contribution in [0, 0.1) is 5.92 Å². The van der Waals surface area contributed by atoms with Crippen LogP contribution in [-0.2, 0) is 11.2 Å². The number of ether oxygens (including phenoxy) is 1. The lowest BCUT2D eigenvalue weighted by molar-refractivity contribution is -0.139. The van der Waals surface area contributed by atoms with Crippen LogP contribution in [0.4, 0.5) is 5.69 Å². The Bertz CT molecular complexity index is 1050. The van der Waals surface area contributed by atoms with Crippen molar-refractivity contribution in [2.75, 3.05) is 5.32 Å². The van der Waals surface area contributed by atoms with Gasteiger partial charge >= 0.3 is 5.97 Å². The van der Waals surface area contributed by atoms with Crippen molar-refractivity contribution in [1.82, 2.24) is 0 Å². The van der Waals surface area contributed by atoms with Crippen molar-refractivity contribution in [3.8, 4) is 5.75 Å². The standard InChI is InChI=1S/C24H21NO2/c26-24(27-19-7-2-1-3-8-19)17-11-12-22-18(14-17)15-21-20-9-5-4-6-16(20)10-13-23(21)25-22/h1-10,13,17,25H,11-12,14-15H2. The highest BCUT2D eigenvalue weighted by atomic mass is 16.5. The van der Waals surface area contributed by atoms with Gasteiger partial charge in [0, 0.05) is 11.4 Å². The van der Waals surface area contributed by atoms with Gasteiger partial charge < -0.3 is 10.1 Å². The predicted molar refractivity (Wildman–Crippen MR) is 108 cm³/mol. The third kappa shape index (κ3) is 2.99. The molecule has 0 saturated heterocycles. The normalized spacial score (nSPS) is 18.4. The molecule has 3 nitrogen and oxygen atoms in total. The van der Waals surface area contributed by atoms with Gasteiger partial charge in [0.2, 0.25) is 0 Å². The Kier molecular flexibility index (Phi) is 3.93. The van der Waals surface area contributed by atoms with Crippen LogP contribution in [0.15, 0.2) is 78.0 Å². The summed E-state index contributed by atoms with van der Waals surface area (Å²) in [7, 11) is 0. The van der Waals surface area contributed by atoms with Gasteiger partial charge in [0.15, 0.2) is 0 Å². The van der Waals surface area contributed by atoms with E-state index < -0.39 is 0 Å². The SMILES string of the molecule is O=C(Oc1ccccc1)C1CCC2=C(Cc3c(ccc4ccccc34)N2)C1. The molecule has 2 aliphatic rings.